The third kappa shape index (κ3) is 12.0. The van der Waals surface area contributed by atoms with Gasteiger partial charge in [-0.1, -0.05) is 298 Å². The Balaban J connectivity index is 0.0000147. The summed E-state index contributed by atoms with van der Waals surface area (Å²) in [6.45, 7) is 2.90. The molecule has 0 bridgehead atoms. The van der Waals surface area contributed by atoms with Crippen molar-refractivity contribution >= 4 is 61.7 Å². The number of aromatic nitrogens is 4. The summed E-state index contributed by atoms with van der Waals surface area (Å²) in [7, 11) is -7.03. The van der Waals surface area contributed by atoms with Crippen molar-refractivity contribution in [2.75, 3.05) is 0 Å². The molecule has 0 atom stereocenters. The molecule has 0 fully saturated rings. The number of para-hydroxylation sites is 1. The summed E-state index contributed by atoms with van der Waals surface area (Å²) in [5.41, 5.74) is -8.87. The number of hydrogen-bond acceptors (Lipinski definition) is 2. The number of benzene rings is 14. The molecule has 0 saturated carbocycles. The van der Waals surface area contributed by atoms with Gasteiger partial charge < -0.3 is 13.9 Å². The summed E-state index contributed by atoms with van der Waals surface area (Å²) in [6.07, 6.45) is 4.40. The van der Waals surface area contributed by atoms with Gasteiger partial charge in [0.2, 0.25) is 0 Å². The Kier molecular flexibility index (Phi) is 9.01. The molecule has 0 aliphatic heterocycles. The van der Waals surface area contributed by atoms with E-state index in [1.165, 1.54) is 41.0 Å². The van der Waals surface area contributed by atoms with Crippen molar-refractivity contribution in [3.63, 3.8) is 0 Å². The number of fused-ring (bicyclic) bond motifs is 4. The Morgan fingerprint density at radius 2 is 0.990 bits per heavy atom. The van der Waals surface area contributed by atoms with Gasteiger partial charge in [0, 0.05) is 54.0 Å². The molecule has 5 nitrogen and oxygen atoms in total. The van der Waals surface area contributed by atoms with E-state index in [4.69, 9.17) is 30.3 Å². The van der Waals surface area contributed by atoms with E-state index in [1.54, 1.807) is 59.2 Å². The Bertz CT molecular complexity index is 8000. The summed E-state index contributed by atoms with van der Waals surface area (Å²) in [5.74, 6) is -0.313. The van der Waals surface area contributed by atoms with Crippen molar-refractivity contribution in [3.05, 3.63) is 381 Å². The van der Waals surface area contributed by atoms with Crippen LogP contribution in [-0.2, 0) is 26.5 Å². The minimum atomic E-state index is -7.03. The molecule has 17 rings (SSSR count). The number of hydrogen-bond donors (Lipinski definition) is 0. The molecule has 0 aliphatic rings. The van der Waals surface area contributed by atoms with Crippen LogP contribution in [-0.4, -0.2) is 22.2 Å². The SMILES string of the molecule is [2H]c1c([2H])c([2H])c(-c2cc(-c3c([2H])c(-c4c([2H])c([2H])c([2H])c([2H])c4[2H])c([2H])c(-c4c([2H])c([2H])c([2H])c([2H])c4[2H])c3[2H])c(-[n+]3[c-]n(-c4[c-]c(Oc5[c-]c6c(cc5)c5ccccc5n6-c5cc(C([2H])([2H])[2H])c(-c6c([2H])c([2H])c([2H])c([2H])c6[2H])cn5)ccc4)c4cc(-c5ccc(C(C)(C)C)cc5)ccc43)c([Si](c3c([2H])c([2H])c([2H])c([2H])c3[2H])(c3c([2H])c([2H])c([2H])c([2H])c3[2H])c3c([2H])c([2H])c([2H])c([2H])c3[2H])c2)c([2H])c1[2H].[Pt]. The number of rotatable bonds is 15. The number of imidazole rings is 1. The fourth-order valence-corrected chi connectivity index (χ4v) is 16.5. The van der Waals surface area contributed by atoms with E-state index >= 15 is 0 Å². The van der Waals surface area contributed by atoms with Crippen LogP contribution >= 0.6 is 0 Å². The first-order valence-electron chi connectivity index (χ1n) is 51.7. The van der Waals surface area contributed by atoms with Crippen LogP contribution in [0, 0.1) is 25.3 Å². The Morgan fingerprint density at radius 1 is 0.451 bits per heavy atom. The molecule has 0 N–H and O–H groups in total. The van der Waals surface area contributed by atoms with E-state index in [0.717, 1.165) is 28.5 Å². The minimum absolute atomic E-state index is 0. The zero-order valence-electron chi connectivity index (χ0n) is 94.6. The predicted octanol–water partition coefficient (Wildman–Crippen LogP) is 20.6. The van der Waals surface area contributed by atoms with Gasteiger partial charge >= 0.3 is 0 Å². The largest absolute Gasteiger partial charge is 0.510 e. The standard InChI is InChI=1S/C95H70N4OSi.Pt/c1-66-55-93(96-64-87(66)71-35-18-8-19-36-71)99-88-46-27-26-45-84(88)85-53-52-80(63-90(85)99)100-79-38-28-37-78(62-79)97-65-98(89-54-49-72(60-91(89)97)70-47-50-77(51-48-70)95(2,3)4)94-86(76-57-73(67-29-12-5-13-30-67)56-74(58-76)68-31-14-6-15-32-68)59-75(69-33-16-7-17-34-69)61-92(94)101(81-39-20-9-21-40-81,82-41-22-10-23-42-82)83-43-24-11-25-44-83;/h5-61,64H,1-4H3;/q-2;/i1D3,5D,6D,7D,8D,9D,10D,11D,12D,13D,14D,15D,16D,17D,18D,19D,20D,21D,22D,23D,24D,25D,29D,30D,31D,32D,33D,34D,35D,36D,39D,40D,41D,42D,43D,44D,56D,57D,58D;. The Hall–Kier alpha value is -11.8. The third-order valence-electron chi connectivity index (χ3n) is 17.1. The molecule has 17 aromatic rings. The van der Waals surface area contributed by atoms with Crippen molar-refractivity contribution < 1.29 is 86.6 Å². The van der Waals surface area contributed by atoms with Gasteiger partial charge in [-0.2, -0.15) is 18.2 Å². The fourth-order valence-electron chi connectivity index (χ4n) is 12.4. The van der Waals surface area contributed by atoms with Gasteiger partial charge in [0.1, 0.15) is 5.82 Å². The van der Waals surface area contributed by atoms with Gasteiger partial charge in [-0.25, -0.2) is 4.98 Å². The molecule has 3 heterocycles. The zero-order valence-corrected chi connectivity index (χ0v) is 56.8. The van der Waals surface area contributed by atoms with Gasteiger partial charge in [-0.05, 0) is 159 Å². The van der Waals surface area contributed by atoms with Crippen LogP contribution in [0.15, 0.2) is 351 Å². The second kappa shape index (κ2) is 27.4. The fraction of sp³-hybridized carbons (Fsp3) is 0.0526. The quantitative estimate of drug-likeness (QED) is 0.0444. The van der Waals surface area contributed by atoms with Gasteiger partial charge in [-0.3, -0.25) is 4.57 Å². The van der Waals surface area contributed by atoms with E-state index in [2.05, 4.69) is 18.5 Å². The van der Waals surface area contributed by atoms with Crippen LogP contribution in [0.2, 0.25) is 0 Å². The monoisotopic (exact) mass is 1550 g/mol. The van der Waals surface area contributed by atoms with E-state index in [9.17, 15) is 35.6 Å². The van der Waals surface area contributed by atoms with E-state index < -0.39 is 332 Å². The predicted molar refractivity (Wildman–Crippen MR) is 420 cm³/mol. The maximum Gasteiger partial charge on any atom is 0.268 e. The first kappa shape index (κ1) is 33.6. The number of ether oxygens (including phenoxy) is 1. The summed E-state index contributed by atoms with van der Waals surface area (Å²) in [4.78, 5) is 4.69. The molecule has 3 aromatic heterocycles. The van der Waals surface area contributed by atoms with E-state index in [0.29, 0.717) is 27.4 Å². The van der Waals surface area contributed by atoms with Crippen LogP contribution in [0.3, 0.4) is 0 Å². The number of nitrogens with zero attached hydrogens (tertiary/aromatic N) is 4. The molecule has 0 aliphatic carbocycles. The van der Waals surface area contributed by atoms with Crippen molar-refractivity contribution in [3.8, 4) is 95.5 Å². The van der Waals surface area contributed by atoms with Crippen LogP contribution in [0.25, 0.3) is 117 Å². The second-order valence-electron chi connectivity index (χ2n) is 24.0. The first-order chi connectivity index (χ1) is 66.6. The zero-order chi connectivity index (χ0) is 104. The van der Waals surface area contributed by atoms with Crippen LogP contribution in [0.5, 0.6) is 11.5 Å². The van der Waals surface area contributed by atoms with Gasteiger partial charge in [0.25, 0.3) is 6.33 Å². The summed E-state index contributed by atoms with van der Waals surface area (Å²) < 4.78 is 402. The topological polar surface area (TPSA) is 35.9 Å². The van der Waals surface area contributed by atoms with Gasteiger partial charge in [0.05, 0.1) is 68.8 Å². The summed E-state index contributed by atoms with van der Waals surface area (Å²) >= 11 is 0. The van der Waals surface area contributed by atoms with E-state index in [1.807, 2.05) is 32.9 Å². The van der Waals surface area contributed by atoms with Crippen molar-refractivity contribution in [2.24, 2.45) is 0 Å². The molecular weight excluding hydrogens is 1440 g/mol. The smallest absolute Gasteiger partial charge is 0.268 e. The molecule has 0 spiro atoms. The molecule has 0 unspecified atom stereocenters. The van der Waals surface area contributed by atoms with Crippen LogP contribution < -0.4 is 30.1 Å². The van der Waals surface area contributed by atoms with Crippen molar-refractivity contribution in [2.45, 2.75) is 33.0 Å². The maximum atomic E-state index is 11.1. The molecule has 0 amide bonds. The average molecular weight is 1550 g/mol. The molecule has 14 aromatic carbocycles. The van der Waals surface area contributed by atoms with E-state index in [-0.39, 0.29) is 66.2 Å². The number of aryl methyl sites for hydroxylation is 1. The van der Waals surface area contributed by atoms with Crippen molar-refractivity contribution in [1.82, 2.24) is 14.1 Å². The average Bonchev–Trinajstić information content (AvgIpc) is 1.37. The first-order valence-corrected chi connectivity index (χ1v) is 33.2. The van der Waals surface area contributed by atoms with Gasteiger partial charge in [-0.15, -0.1) is 29.7 Å². The number of pyridine rings is 1. The second-order valence-corrected chi connectivity index (χ2v) is 27.5. The van der Waals surface area contributed by atoms with Crippen molar-refractivity contribution in [1.29, 1.82) is 0 Å². The van der Waals surface area contributed by atoms with Gasteiger partial charge in [0.15, 0.2) is 8.07 Å². The summed E-state index contributed by atoms with van der Waals surface area (Å²) in [5, 5.41) is -3.66. The van der Waals surface area contributed by atoms with Crippen LogP contribution in [0.1, 0.15) is 88.1 Å². The maximum absolute atomic E-state index is 11.1. The molecule has 0 radical (unpaired) electrons. The molecule has 492 valence electrons. The molecule has 7 heteroatoms. The Morgan fingerprint density at radius 3 is 1.58 bits per heavy atom. The molecular formula is C95H70N4OPtSi-2. The summed E-state index contributed by atoms with van der Waals surface area (Å²) in [6, 6.07) is -8.46. The minimum Gasteiger partial charge on any atom is -0.510 e. The molecule has 0 saturated heterocycles. The van der Waals surface area contributed by atoms with Crippen LogP contribution in [0.4, 0.5) is 0 Å². The normalized spacial score (nSPS) is 17.4. The Labute approximate surface area is 669 Å². The third-order valence-corrected chi connectivity index (χ3v) is 21.3. The molecule has 102 heavy (non-hydrogen) atoms.